The Labute approximate surface area is 117 Å². The molecule has 1 aliphatic rings. The van der Waals surface area contributed by atoms with Crippen molar-refractivity contribution in [1.82, 2.24) is 0 Å². The number of hydrogen-bond acceptors (Lipinski definition) is 2. The topological polar surface area (TPSA) is 57.5 Å². The summed E-state index contributed by atoms with van der Waals surface area (Å²) in [5.41, 5.74) is -1.98. The third kappa shape index (κ3) is 2.22. The van der Waals surface area contributed by atoms with Crippen LogP contribution >= 0.6 is 15.9 Å². The zero-order valence-electron chi connectivity index (χ0n) is 10.0. The van der Waals surface area contributed by atoms with Crippen LogP contribution in [0.4, 0.5) is 8.78 Å². The van der Waals surface area contributed by atoms with Gasteiger partial charge in [0.05, 0.1) is 15.5 Å². The molecule has 0 spiro atoms. The molecule has 1 fully saturated rings. The fraction of sp³-hybridized carbons (Fsp3) is 0.462. The van der Waals surface area contributed by atoms with Crippen LogP contribution in [0, 0.1) is 11.6 Å². The number of carboxylic acids is 1. The molecule has 0 heterocycles. The summed E-state index contributed by atoms with van der Waals surface area (Å²) in [5, 5.41) is 19.2. The van der Waals surface area contributed by atoms with Crippen LogP contribution in [-0.4, -0.2) is 16.2 Å². The first-order valence-corrected chi connectivity index (χ1v) is 6.80. The molecule has 0 amide bonds. The number of hydrogen-bond donors (Lipinski definition) is 2. The lowest BCUT2D eigenvalue weighted by Crippen LogP contribution is -2.39. The lowest BCUT2D eigenvalue weighted by Gasteiger charge is -2.34. The van der Waals surface area contributed by atoms with Gasteiger partial charge < -0.3 is 10.2 Å². The van der Waals surface area contributed by atoms with Gasteiger partial charge in [-0.3, -0.25) is 4.79 Å². The van der Waals surface area contributed by atoms with Crippen molar-refractivity contribution < 1.29 is 23.8 Å². The van der Waals surface area contributed by atoms with Crippen LogP contribution in [0.2, 0.25) is 0 Å². The second kappa shape index (κ2) is 5.07. The molecule has 0 aromatic heterocycles. The molecule has 0 radical (unpaired) electrons. The second-order valence-electron chi connectivity index (χ2n) is 4.83. The molecule has 1 saturated carbocycles. The molecule has 1 aliphatic carbocycles. The molecule has 3 nitrogen and oxygen atoms in total. The first-order valence-electron chi connectivity index (χ1n) is 6.00. The number of carbonyl (C=O) groups is 1. The van der Waals surface area contributed by atoms with E-state index in [2.05, 4.69) is 15.9 Å². The summed E-state index contributed by atoms with van der Waals surface area (Å²) in [5.74, 6) is -4.04. The number of rotatable bonds is 2. The summed E-state index contributed by atoms with van der Waals surface area (Å²) in [6, 6.07) is 0.798. The average molecular weight is 335 g/mol. The van der Waals surface area contributed by atoms with Gasteiger partial charge in [0, 0.05) is 0 Å². The van der Waals surface area contributed by atoms with Crippen LogP contribution in [0.5, 0.6) is 5.75 Å². The van der Waals surface area contributed by atoms with Crippen LogP contribution in [0.25, 0.3) is 0 Å². The van der Waals surface area contributed by atoms with Crippen molar-refractivity contribution in [2.45, 2.75) is 37.5 Å². The van der Waals surface area contributed by atoms with E-state index >= 15 is 0 Å². The standard InChI is InChI=1S/C13H13BrF2O3/c14-7-6-8(15)11(17)9(10(7)16)13(12(18)19)4-2-1-3-5-13/h6,17H,1-5H2,(H,18,19). The molecule has 6 heteroatoms. The van der Waals surface area contributed by atoms with Gasteiger partial charge in [-0.1, -0.05) is 19.3 Å². The molecule has 0 saturated heterocycles. The number of aliphatic carboxylic acids is 1. The maximum Gasteiger partial charge on any atom is 0.314 e. The Bertz CT molecular complexity index is 499. The van der Waals surface area contributed by atoms with Gasteiger partial charge in [-0.15, -0.1) is 0 Å². The van der Waals surface area contributed by atoms with Gasteiger partial charge in [0.15, 0.2) is 11.6 Å². The smallest absolute Gasteiger partial charge is 0.314 e. The Morgan fingerprint density at radius 3 is 2.37 bits per heavy atom. The zero-order valence-corrected chi connectivity index (χ0v) is 11.6. The Morgan fingerprint density at radius 1 is 1.26 bits per heavy atom. The van der Waals surface area contributed by atoms with Crippen LogP contribution in [0.3, 0.4) is 0 Å². The zero-order chi connectivity index (χ0) is 14.2. The molecule has 2 N–H and O–H groups in total. The normalized spacial score (nSPS) is 18.3. The average Bonchev–Trinajstić information content (AvgIpc) is 2.37. The molecular formula is C13H13BrF2O3. The van der Waals surface area contributed by atoms with Crippen molar-refractivity contribution in [3.63, 3.8) is 0 Å². The van der Waals surface area contributed by atoms with Crippen molar-refractivity contribution in [3.05, 3.63) is 27.7 Å². The van der Waals surface area contributed by atoms with E-state index in [-0.39, 0.29) is 17.3 Å². The van der Waals surface area contributed by atoms with Crippen LogP contribution in [0.15, 0.2) is 10.5 Å². The van der Waals surface area contributed by atoms with Crippen molar-refractivity contribution >= 4 is 21.9 Å². The van der Waals surface area contributed by atoms with E-state index in [1.54, 1.807) is 0 Å². The molecule has 0 aliphatic heterocycles. The molecule has 0 atom stereocenters. The Hall–Kier alpha value is -1.17. The molecule has 104 valence electrons. The van der Waals surface area contributed by atoms with Gasteiger partial charge in [-0.25, -0.2) is 8.78 Å². The van der Waals surface area contributed by atoms with Gasteiger partial charge in [0.1, 0.15) is 5.82 Å². The highest BCUT2D eigenvalue weighted by atomic mass is 79.9. The lowest BCUT2D eigenvalue weighted by atomic mass is 9.69. The fourth-order valence-electron chi connectivity index (χ4n) is 2.75. The first kappa shape index (κ1) is 14.2. The number of phenolic OH excluding ortho intramolecular Hbond substituents is 1. The largest absolute Gasteiger partial charge is 0.505 e. The Kier molecular flexibility index (Phi) is 3.80. The first-order chi connectivity index (χ1) is 8.90. The Morgan fingerprint density at radius 2 is 1.84 bits per heavy atom. The van der Waals surface area contributed by atoms with E-state index in [0.717, 1.165) is 12.5 Å². The number of aromatic hydroxyl groups is 1. The summed E-state index contributed by atoms with van der Waals surface area (Å²) < 4.78 is 27.6. The highest BCUT2D eigenvalue weighted by Crippen LogP contribution is 2.46. The number of carboxylic acid groups (broad SMARTS) is 1. The highest BCUT2D eigenvalue weighted by Gasteiger charge is 2.46. The fourth-order valence-corrected chi connectivity index (χ4v) is 3.15. The maximum absolute atomic E-state index is 14.2. The van der Waals surface area contributed by atoms with Gasteiger partial charge in [-0.05, 0) is 34.8 Å². The minimum Gasteiger partial charge on any atom is -0.505 e. The van der Waals surface area contributed by atoms with Crippen LogP contribution < -0.4 is 0 Å². The molecular weight excluding hydrogens is 322 g/mol. The highest BCUT2D eigenvalue weighted by molar-refractivity contribution is 9.10. The predicted octanol–water partition coefficient (Wildman–Crippen LogP) is 3.72. The van der Waals surface area contributed by atoms with Gasteiger partial charge >= 0.3 is 5.97 Å². The minimum absolute atomic E-state index is 0.177. The van der Waals surface area contributed by atoms with Crippen molar-refractivity contribution in [3.8, 4) is 5.75 Å². The van der Waals surface area contributed by atoms with Gasteiger partial charge in [0.25, 0.3) is 0 Å². The maximum atomic E-state index is 14.2. The second-order valence-corrected chi connectivity index (χ2v) is 5.68. The third-order valence-corrected chi connectivity index (χ3v) is 4.32. The van der Waals surface area contributed by atoms with E-state index in [1.807, 2.05) is 0 Å². The lowest BCUT2D eigenvalue weighted by molar-refractivity contribution is -0.145. The van der Waals surface area contributed by atoms with Gasteiger partial charge in [-0.2, -0.15) is 0 Å². The van der Waals surface area contributed by atoms with E-state index in [1.165, 1.54) is 0 Å². The predicted molar refractivity (Wildman–Crippen MR) is 68.1 cm³/mol. The van der Waals surface area contributed by atoms with Crippen molar-refractivity contribution in [2.24, 2.45) is 0 Å². The van der Waals surface area contributed by atoms with E-state index < -0.39 is 34.3 Å². The van der Waals surface area contributed by atoms with Crippen LogP contribution in [-0.2, 0) is 10.2 Å². The third-order valence-electron chi connectivity index (χ3n) is 3.74. The molecule has 19 heavy (non-hydrogen) atoms. The summed E-state index contributed by atoms with van der Waals surface area (Å²) in [6.45, 7) is 0. The number of benzene rings is 1. The quantitative estimate of drug-likeness (QED) is 0.810. The molecule has 0 unspecified atom stereocenters. The van der Waals surface area contributed by atoms with Crippen molar-refractivity contribution in [2.75, 3.05) is 0 Å². The molecule has 2 rings (SSSR count). The SMILES string of the molecule is O=C(O)C1(c2c(O)c(F)cc(Br)c2F)CCCCC1. The number of phenols is 1. The van der Waals surface area contributed by atoms with Gasteiger partial charge in [0.2, 0.25) is 0 Å². The molecule has 0 bridgehead atoms. The summed E-state index contributed by atoms with van der Waals surface area (Å²) in [7, 11) is 0. The Balaban J connectivity index is 2.70. The molecule has 1 aromatic rings. The van der Waals surface area contributed by atoms with E-state index in [9.17, 15) is 23.8 Å². The number of halogens is 3. The molecule has 1 aromatic carbocycles. The summed E-state index contributed by atoms with van der Waals surface area (Å²) >= 11 is 2.85. The van der Waals surface area contributed by atoms with E-state index in [4.69, 9.17) is 0 Å². The monoisotopic (exact) mass is 334 g/mol. The van der Waals surface area contributed by atoms with Crippen molar-refractivity contribution in [1.29, 1.82) is 0 Å². The summed E-state index contributed by atoms with van der Waals surface area (Å²) in [4.78, 5) is 11.6. The van der Waals surface area contributed by atoms with E-state index in [0.29, 0.717) is 12.8 Å². The minimum atomic E-state index is -1.54. The summed E-state index contributed by atoms with van der Waals surface area (Å²) in [6.07, 6.45) is 2.47. The van der Waals surface area contributed by atoms with Crippen LogP contribution in [0.1, 0.15) is 37.7 Å².